The topological polar surface area (TPSA) is 32.3 Å². The van der Waals surface area contributed by atoms with Gasteiger partial charge in [0.2, 0.25) is 0 Å². The Morgan fingerprint density at radius 3 is 2.70 bits per heavy atom. The molecule has 1 heterocycles. The Kier molecular flexibility index (Phi) is 4.41. The number of nitrogens with zero attached hydrogens (tertiary/aromatic N) is 1. The molecule has 1 saturated carbocycles. The van der Waals surface area contributed by atoms with Crippen molar-refractivity contribution in [2.24, 2.45) is 0 Å². The van der Waals surface area contributed by atoms with E-state index in [1.165, 1.54) is 19.3 Å². The van der Waals surface area contributed by atoms with Crippen LogP contribution in [0.15, 0.2) is 28.7 Å². The Labute approximate surface area is 128 Å². The van der Waals surface area contributed by atoms with E-state index < -0.39 is 0 Å². The zero-order valence-electron chi connectivity index (χ0n) is 11.6. The van der Waals surface area contributed by atoms with Crippen LogP contribution in [0, 0.1) is 0 Å². The normalized spacial score (nSPS) is 22.6. The summed E-state index contributed by atoms with van der Waals surface area (Å²) < 4.78 is 0.896. The lowest BCUT2D eigenvalue weighted by Gasteiger charge is -2.31. The summed E-state index contributed by atoms with van der Waals surface area (Å²) in [4.78, 5) is 14.9. The van der Waals surface area contributed by atoms with Gasteiger partial charge >= 0.3 is 0 Å². The average Bonchev–Trinajstić information content (AvgIpc) is 3.30. The fraction of sp³-hybridized carbons (Fsp3) is 0.562. The monoisotopic (exact) mass is 336 g/mol. The van der Waals surface area contributed by atoms with E-state index in [2.05, 4.69) is 26.1 Å². The summed E-state index contributed by atoms with van der Waals surface area (Å²) in [7, 11) is 0. The molecular formula is C16H21BrN2O. The molecule has 0 aromatic heterocycles. The first-order chi connectivity index (χ1) is 9.75. The molecular weight excluding hydrogens is 316 g/mol. The molecule has 3 rings (SSSR count). The van der Waals surface area contributed by atoms with Crippen LogP contribution in [0.4, 0.5) is 0 Å². The number of carbonyl (C=O) groups excluding carboxylic acids is 1. The highest BCUT2D eigenvalue weighted by atomic mass is 79.9. The molecule has 1 aliphatic heterocycles. The molecule has 3 nitrogen and oxygen atoms in total. The van der Waals surface area contributed by atoms with E-state index in [1.54, 1.807) is 0 Å². The number of carbonyl (C=O) groups is 1. The molecule has 1 aliphatic carbocycles. The number of halogens is 1. The number of rotatable bonds is 4. The van der Waals surface area contributed by atoms with Gasteiger partial charge in [0.15, 0.2) is 0 Å². The molecule has 1 atom stereocenters. The molecule has 1 unspecified atom stereocenters. The van der Waals surface area contributed by atoms with Crippen LogP contribution in [0.5, 0.6) is 0 Å². The molecule has 0 radical (unpaired) electrons. The van der Waals surface area contributed by atoms with Crippen molar-refractivity contribution in [3.05, 3.63) is 34.3 Å². The Balaban J connectivity index is 1.73. The lowest BCUT2D eigenvalue weighted by molar-refractivity contribution is 0.0717. The van der Waals surface area contributed by atoms with Gasteiger partial charge in [-0.15, -0.1) is 0 Å². The Morgan fingerprint density at radius 1 is 1.25 bits per heavy atom. The number of benzene rings is 1. The van der Waals surface area contributed by atoms with Crippen LogP contribution in [0.25, 0.3) is 0 Å². The maximum Gasteiger partial charge on any atom is 0.255 e. The van der Waals surface area contributed by atoms with Gasteiger partial charge in [-0.2, -0.15) is 0 Å². The third-order valence-electron chi connectivity index (χ3n) is 4.18. The van der Waals surface area contributed by atoms with E-state index in [9.17, 15) is 4.79 Å². The molecule has 108 valence electrons. The minimum atomic E-state index is 0.173. The molecule has 1 N–H and O–H groups in total. The summed E-state index contributed by atoms with van der Waals surface area (Å²) >= 11 is 3.50. The second-order valence-electron chi connectivity index (χ2n) is 5.82. The van der Waals surface area contributed by atoms with E-state index in [0.29, 0.717) is 12.1 Å². The first-order valence-corrected chi connectivity index (χ1v) is 8.34. The SMILES string of the molecule is O=C(c1ccccc1Br)N(CC1CCCCN1)C1CC1. The summed E-state index contributed by atoms with van der Waals surface area (Å²) in [6.45, 7) is 1.94. The first-order valence-electron chi connectivity index (χ1n) is 7.54. The second kappa shape index (κ2) is 6.27. The van der Waals surface area contributed by atoms with Crippen LogP contribution in [0.1, 0.15) is 42.5 Å². The minimum Gasteiger partial charge on any atom is -0.334 e. The van der Waals surface area contributed by atoms with Crippen LogP contribution in [-0.2, 0) is 0 Å². The predicted molar refractivity (Wildman–Crippen MR) is 83.8 cm³/mol. The molecule has 4 heteroatoms. The lowest BCUT2D eigenvalue weighted by Crippen LogP contribution is -2.46. The maximum absolute atomic E-state index is 12.8. The van der Waals surface area contributed by atoms with Gasteiger partial charge in [-0.25, -0.2) is 0 Å². The number of piperidine rings is 1. The third kappa shape index (κ3) is 3.23. The highest BCUT2D eigenvalue weighted by molar-refractivity contribution is 9.10. The molecule has 1 aromatic carbocycles. The molecule has 0 bridgehead atoms. The van der Waals surface area contributed by atoms with Crippen LogP contribution in [0.3, 0.4) is 0 Å². The van der Waals surface area contributed by atoms with Crippen LogP contribution in [-0.4, -0.2) is 36.0 Å². The number of amides is 1. The van der Waals surface area contributed by atoms with Crippen molar-refractivity contribution < 1.29 is 4.79 Å². The van der Waals surface area contributed by atoms with Crippen molar-refractivity contribution in [2.75, 3.05) is 13.1 Å². The molecule has 20 heavy (non-hydrogen) atoms. The minimum absolute atomic E-state index is 0.173. The van der Waals surface area contributed by atoms with E-state index in [1.807, 2.05) is 24.3 Å². The third-order valence-corrected chi connectivity index (χ3v) is 4.87. The van der Waals surface area contributed by atoms with Crippen molar-refractivity contribution in [1.82, 2.24) is 10.2 Å². The van der Waals surface area contributed by atoms with Gasteiger partial charge in [-0.3, -0.25) is 4.79 Å². The Morgan fingerprint density at radius 2 is 2.05 bits per heavy atom. The zero-order valence-corrected chi connectivity index (χ0v) is 13.2. The van der Waals surface area contributed by atoms with E-state index >= 15 is 0 Å². The molecule has 1 amide bonds. The molecule has 2 fully saturated rings. The van der Waals surface area contributed by atoms with Crippen LogP contribution >= 0.6 is 15.9 Å². The van der Waals surface area contributed by atoms with Gasteiger partial charge in [0.05, 0.1) is 5.56 Å². The van der Waals surface area contributed by atoms with Gasteiger partial charge in [-0.1, -0.05) is 18.6 Å². The highest BCUT2D eigenvalue weighted by Crippen LogP contribution is 2.30. The number of hydrogen-bond donors (Lipinski definition) is 1. The van der Waals surface area contributed by atoms with Crippen molar-refractivity contribution >= 4 is 21.8 Å². The van der Waals surface area contributed by atoms with E-state index in [4.69, 9.17) is 0 Å². The smallest absolute Gasteiger partial charge is 0.255 e. The molecule has 2 aliphatic rings. The van der Waals surface area contributed by atoms with Crippen molar-refractivity contribution in [2.45, 2.75) is 44.2 Å². The number of hydrogen-bond acceptors (Lipinski definition) is 2. The first kappa shape index (κ1) is 14.1. The quantitative estimate of drug-likeness (QED) is 0.915. The van der Waals surface area contributed by atoms with Gasteiger partial charge in [-0.05, 0) is 60.3 Å². The van der Waals surface area contributed by atoms with Gasteiger partial charge in [0.25, 0.3) is 5.91 Å². The number of nitrogens with one attached hydrogen (secondary N) is 1. The summed E-state index contributed by atoms with van der Waals surface area (Å²) in [5.41, 5.74) is 0.787. The summed E-state index contributed by atoms with van der Waals surface area (Å²) in [5.74, 6) is 0.173. The standard InChI is InChI=1S/C16H21BrN2O/c17-15-7-2-1-6-14(15)16(20)19(13-8-9-13)11-12-5-3-4-10-18-12/h1-2,6-7,12-13,18H,3-5,8-11H2. The summed E-state index contributed by atoms with van der Waals surface area (Å²) in [5, 5.41) is 3.55. The van der Waals surface area contributed by atoms with E-state index in [-0.39, 0.29) is 5.91 Å². The van der Waals surface area contributed by atoms with Crippen molar-refractivity contribution in [3.8, 4) is 0 Å². The predicted octanol–water partition coefficient (Wildman–Crippen LogP) is 3.20. The zero-order chi connectivity index (χ0) is 13.9. The highest BCUT2D eigenvalue weighted by Gasteiger charge is 2.35. The summed E-state index contributed by atoms with van der Waals surface area (Å²) in [6, 6.07) is 8.66. The van der Waals surface area contributed by atoms with Gasteiger partial charge < -0.3 is 10.2 Å². The average molecular weight is 337 g/mol. The van der Waals surface area contributed by atoms with Crippen LogP contribution in [0.2, 0.25) is 0 Å². The summed E-state index contributed by atoms with van der Waals surface area (Å²) in [6.07, 6.45) is 6.04. The van der Waals surface area contributed by atoms with Gasteiger partial charge in [0, 0.05) is 23.1 Å². The van der Waals surface area contributed by atoms with Crippen LogP contribution < -0.4 is 5.32 Å². The lowest BCUT2D eigenvalue weighted by atomic mass is 10.0. The largest absolute Gasteiger partial charge is 0.334 e. The fourth-order valence-electron chi connectivity index (χ4n) is 2.89. The van der Waals surface area contributed by atoms with Crippen molar-refractivity contribution in [3.63, 3.8) is 0 Å². The maximum atomic E-state index is 12.8. The molecule has 1 saturated heterocycles. The molecule has 1 aromatic rings. The fourth-order valence-corrected chi connectivity index (χ4v) is 3.35. The Hall–Kier alpha value is -0.870. The van der Waals surface area contributed by atoms with Gasteiger partial charge in [0.1, 0.15) is 0 Å². The second-order valence-corrected chi connectivity index (χ2v) is 6.67. The van der Waals surface area contributed by atoms with Crippen molar-refractivity contribution in [1.29, 1.82) is 0 Å². The molecule has 0 spiro atoms. The Bertz CT molecular complexity index is 481. The van der Waals surface area contributed by atoms with E-state index in [0.717, 1.165) is 36.0 Å².